The van der Waals surface area contributed by atoms with Crippen LogP contribution < -0.4 is 10.6 Å². The van der Waals surface area contributed by atoms with Crippen LogP contribution in [0.4, 0.5) is 19.0 Å². The minimum absolute atomic E-state index is 0.00553. The Morgan fingerprint density at radius 3 is 2.33 bits per heavy atom. The number of methoxy groups -OCH3 is 1. The zero-order valence-electron chi connectivity index (χ0n) is 14.8. The quantitative estimate of drug-likeness (QED) is 0.615. The van der Waals surface area contributed by atoms with E-state index < -0.39 is 23.7 Å². The summed E-state index contributed by atoms with van der Waals surface area (Å²) in [4.78, 5) is 28.5. The highest BCUT2D eigenvalue weighted by atomic mass is 19.4. The topological polar surface area (TPSA) is 80.3 Å². The number of anilines is 1. The van der Waals surface area contributed by atoms with Gasteiger partial charge in [-0.2, -0.15) is 13.2 Å². The fraction of sp³-hybridized carbons (Fsp3) is 0.278. The Hall–Kier alpha value is -3.10. The number of nitrogens with zero attached hydrogens (tertiary/aromatic N) is 1. The zero-order chi connectivity index (χ0) is 20.2. The molecule has 1 aromatic carbocycles. The number of nitrogens with one attached hydrogen (secondary N) is 2. The first-order valence-electron chi connectivity index (χ1n) is 7.85. The van der Waals surface area contributed by atoms with Gasteiger partial charge in [0.1, 0.15) is 5.82 Å². The molecular weight excluding hydrogens is 363 g/mol. The van der Waals surface area contributed by atoms with Crippen LogP contribution in [0, 0.1) is 13.8 Å². The van der Waals surface area contributed by atoms with Crippen molar-refractivity contribution in [1.82, 2.24) is 10.3 Å². The van der Waals surface area contributed by atoms with E-state index in [2.05, 4.69) is 9.72 Å². The number of pyridine rings is 1. The number of ether oxygens (including phenoxy) is 1. The summed E-state index contributed by atoms with van der Waals surface area (Å²) in [6.45, 7) is 3.21. The van der Waals surface area contributed by atoms with Gasteiger partial charge in [-0.3, -0.25) is 4.79 Å². The van der Waals surface area contributed by atoms with E-state index in [9.17, 15) is 22.8 Å². The summed E-state index contributed by atoms with van der Waals surface area (Å²) in [6, 6.07) is 8.95. The van der Waals surface area contributed by atoms with E-state index in [0.29, 0.717) is 11.1 Å². The second-order valence-electron chi connectivity index (χ2n) is 5.85. The molecule has 0 radical (unpaired) electrons. The highest BCUT2D eigenvalue weighted by Crippen LogP contribution is 2.33. The maximum Gasteiger partial charge on any atom is 0.441 e. The summed E-state index contributed by atoms with van der Waals surface area (Å²) in [7, 11) is 0.800. The number of aryl methyl sites for hydroxylation is 2. The molecular formula is C18H18F3N3O3. The molecule has 0 aliphatic carbocycles. The fourth-order valence-corrected chi connectivity index (χ4v) is 2.41. The Morgan fingerprint density at radius 1 is 1.11 bits per heavy atom. The molecule has 2 N–H and O–H groups in total. The number of esters is 1. The van der Waals surface area contributed by atoms with Crippen molar-refractivity contribution in [1.29, 1.82) is 0 Å². The number of alkyl halides is 3. The molecule has 0 aliphatic rings. The number of aromatic nitrogens is 1. The summed E-state index contributed by atoms with van der Waals surface area (Å²) in [6.07, 6.45) is -3.94. The summed E-state index contributed by atoms with van der Waals surface area (Å²) < 4.78 is 46.3. The molecule has 2 rings (SSSR count). The van der Waals surface area contributed by atoms with Crippen LogP contribution in [0.1, 0.15) is 21.5 Å². The molecule has 9 heteroatoms. The van der Waals surface area contributed by atoms with Crippen molar-refractivity contribution >= 4 is 17.7 Å². The van der Waals surface area contributed by atoms with Crippen LogP contribution in [-0.4, -0.2) is 35.8 Å². The minimum atomic E-state index is -5.22. The van der Waals surface area contributed by atoms with Gasteiger partial charge in [-0.05, 0) is 43.2 Å². The molecule has 0 unspecified atom stereocenters. The Morgan fingerprint density at radius 2 is 1.78 bits per heavy atom. The maximum atomic E-state index is 14.0. The summed E-state index contributed by atoms with van der Waals surface area (Å²) in [5.41, 5.74) is -2.46. The first-order valence-corrected chi connectivity index (χ1v) is 7.85. The van der Waals surface area contributed by atoms with Gasteiger partial charge in [0.25, 0.3) is 5.91 Å². The first-order chi connectivity index (χ1) is 12.6. The predicted molar refractivity (Wildman–Crippen MR) is 92.0 cm³/mol. The molecule has 0 saturated carbocycles. The highest BCUT2D eigenvalue weighted by Gasteiger charge is 2.63. The Kier molecular flexibility index (Phi) is 5.72. The number of benzene rings is 1. The second-order valence-corrected chi connectivity index (χ2v) is 5.85. The van der Waals surface area contributed by atoms with E-state index in [4.69, 9.17) is 0 Å². The maximum absolute atomic E-state index is 14.0. The first kappa shape index (κ1) is 20.2. The zero-order valence-corrected chi connectivity index (χ0v) is 14.8. The number of hydrogen-bond acceptors (Lipinski definition) is 5. The van der Waals surface area contributed by atoms with Gasteiger partial charge in [0.15, 0.2) is 0 Å². The smallest absolute Gasteiger partial charge is 0.441 e. The lowest BCUT2D eigenvalue weighted by molar-refractivity contribution is -0.203. The van der Waals surface area contributed by atoms with Crippen LogP contribution in [0.3, 0.4) is 0 Å². The van der Waals surface area contributed by atoms with Crippen LogP contribution >= 0.6 is 0 Å². The van der Waals surface area contributed by atoms with Gasteiger partial charge in [-0.1, -0.05) is 18.2 Å². The van der Waals surface area contributed by atoms with E-state index in [1.54, 1.807) is 37.4 Å². The van der Waals surface area contributed by atoms with Crippen molar-refractivity contribution in [2.45, 2.75) is 25.7 Å². The number of carbonyl (C=O) groups is 2. The average molecular weight is 381 g/mol. The van der Waals surface area contributed by atoms with E-state index in [-0.39, 0.29) is 11.4 Å². The second kappa shape index (κ2) is 7.65. The van der Waals surface area contributed by atoms with E-state index in [0.717, 1.165) is 7.11 Å². The van der Waals surface area contributed by atoms with Crippen molar-refractivity contribution in [3.05, 3.63) is 59.3 Å². The van der Waals surface area contributed by atoms with Gasteiger partial charge in [0.05, 0.1) is 7.11 Å². The molecule has 2 aromatic rings. The monoisotopic (exact) mass is 381 g/mol. The van der Waals surface area contributed by atoms with Crippen LogP contribution in [-0.2, 0) is 9.53 Å². The molecule has 0 fully saturated rings. The van der Waals surface area contributed by atoms with Crippen LogP contribution in [0.25, 0.3) is 0 Å². The van der Waals surface area contributed by atoms with Crippen LogP contribution in [0.5, 0.6) is 0 Å². The Bertz CT molecular complexity index is 855. The summed E-state index contributed by atoms with van der Waals surface area (Å²) >= 11 is 0. The van der Waals surface area contributed by atoms with Gasteiger partial charge in [-0.15, -0.1) is 0 Å². The van der Waals surface area contributed by atoms with Crippen molar-refractivity contribution in [2.24, 2.45) is 0 Å². The molecule has 0 spiro atoms. The van der Waals surface area contributed by atoms with Gasteiger partial charge in [-0.25, -0.2) is 9.78 Å². The fourth-order valence-electron chi connectivity index (χ4n) is 2.41. The molecule has 144 valence electrons. The molecule has 1 atom stereocenters. The SMILES string of the molecule is COC(=O)[C@@](NC(=O)c1ccccc1C)(Nc1cc(C)ccn1)C(F)(F)F. The third-order valence-electron chi connectivity index (χ3n) is 3.84. The lowest BCUT2D eigenvalue weighted by Crippen LogP contribution is -2.69. The average Bonchev–Trinajstić information content (AvgIpc) is 2.59. The van der Waals surface area contributed by atoms with Crippen LogP contribution in [0.15, 0.2) is 42.6 Å². The Labute approximate surface area is 153 Å². The third kappa shape index (κ3) is 4.18. The summed E-state index contributed by atoms with van der Waals surface area (Å²) in [5, 5.41) is 3.76. The van der Waals surface area contributed by atoms with Crippen LogP contribution in [0.2, 0.25) is 0 Å². The normalized spacial score (nSPS) is 13.4. The molecule has 0 bridgehead atoms. The predicted octanol–water partition coefficient (Wildman–Crippen LogP) is 2.97. The van der Waals surface area contributed by atoms with Gasteiger partial charge < -0.3 is 15.4 Å². The standard InChI is InChI=1S/C18H18F3N3O3/c1-11-8-9-22-14(10-11)23-17(16(26)27-3,18(19,20)21)24-15(25)13-7-5-4-6-12(13)2/h4-10H,1-3H3,(H,22,23)(H,24,25)/t17-/m0/s1. The van der Waals surface area contributed by atoms with Gasteiger partial charge in [0, 0.05) is 11.8 Å². The van der Waals surface area contributed by atoms with Gasteiger partial charge >= 0.3 is 17.8 Å². The molecule has 0 aliphatic heterocycles. The van der Waals surface area contributed by atoms with Crippen molar-refractivity contribution in [3.63, 3.8) is 0 Å². The molecule has 6 nitrogen and oxygen atoms in total. The number of carbonyl (C=O) groups excluding carboxylic acids is 2. The summed E-state index contributed by atoms with van der Waals surface area (Å²) in [5.74, 6) is -3.06. The minimum Gasteiger partial charge on any atom is -0.466 e. The number of amides is 1. The van der Waals surface area contributed by atoms with Gasteiger partial charge in [0.2, 0.25) is 0 Å². The van der Waals surface area contributed by atoms with E-state index in [1.165, 1.54) is 24.4 Å². The van der Waals surface area contributed by atoms with Crippen molar-refractivity contribution in [2.75, 3.05) is 12.4 Å². The third-order valence-corrected chi connectivity index (χ3v) is 3.84. The molecule has 1 amide bonds. The lowest BCUT2D eigenvalue weighted by Gasteiger charge is -2.34. The molecule has 0 saturated heterocycles. The highest BCUT2D eigenvalue weighted by molar-refractivity contribution is 6.00. The molecule has 1 heterocycles. The number of rotatable bonds is 5. The lowest BCUT2D eigenvalue weighted by atomic mass is 10.1. The molecule has 1 aromatic heterocycles. The Balaban J connectivity index is 2.52. The van der Waals surface area contributed by atoms with E-state index in [1.807, 2.05) is 5.32 Å². The van der Waals surface area contributed by atoms with E-state index >= 15 is 0 Å². The number of hydrogen-bond donors (Lipinski definition) is 2. The van der Waals surface area contributed by atoms with Crippen molar-refractivity contribution < 1.29 is 27.5 Å². The van der Waals surface area contributed by atoms with Crippen molar-refractivity contribution in [3.8, 4) is 0 Å². The number of halogens is 3. The largest absolute Gasteiger partial charge is 0.466 e. The molecule has 27 heavy (non-hydrogen) atoms.